The maximum Gasteiger partial charge on any atom is 0.244 e. The monoisotopic (exact) mass is 444 g/mol. The third-order valence-corrected chi connectivity index (χ3v) is 6.94. The van der Waals surface area contributed by atoms with Crippen molar-refractivity contribution in [2.45, 2.75) is 16.9 Å². The molecule has 6 nitrogen and oxygen atoms in total. The Morgan fingerprint density at radius 3 is 2.68 bits per heavy atom. The second kappa shape index (κ2) is 7.85. The summed E-state index contributed by atoms with van der Waals surface area (Å²) in [6, 6.07) is 9.48. The third-order valence-electron chi connectivity index (χ3n) is 4.38. The highest BCUT2D eigenvalue weighted by atomic mass is 35.5. The molecule has 2 aromatic carbocycles. The van der Waals surface area contributed by atoms with Crippen molar-refractivity contribution >= 4 is 33.2 Å². The second-order valence-electron chi connectivity index (χ2n) is 6.43. The third kappa shape index (κ3) is 4.24. The van der Waals surface area contributed by atoms with Gasteiger partial charge in [-0.3, -0.25) is 0 Å². The first-order valence-corrected chi connectivity index (χ1v) is 10.3. The van der Waals surface area contributed by atoms with Crippen LogP contribution in [0.5, 0.6) is 5.75 Å². The van der Waals surface area contributed by atoms with Crippen molar-refractivity contribution in [2.24, 2.45) is 0 Å². The van der Waals surface area contributed by atoms with Gasteiger partial charge in [0.25, 0.3) is 0 Å². The van der Waals surface area contributed by atoms with Gasteiger partial charge in [0.05, 0.1) is 10.6 Å². The van der Waals surface area contributed by atoms with E-state index in [1.165, 1.54) is 30.3 Å². The molecule has 1 heterocycles. The Labute approximate surface area is 171 Å². The summed E-state index contributed by atoms with van der Waals surface area (Å²) in [5, 5.41) is 19.7. The van der Waals surface area contributed by atoms with Crippen LogP contribution in [0.15, 0.2) is 41.3 Å². The van der Waals surface area contributed by atoms with Gasteiger partial charge < -0.3 is 9.84 Å². The summed E-state index contributed by atoms with van der Waals surface area (Å²) in [7, 11) is -3.92. The number of sulfonamides is 1. The Balaban J connectivity index is 1.71. The fraction of sp³-hybridized carbons (Fsp3) is 0.278. The Morgan fingerprint density at radius 1 is 1.29 bits per heavy atom. The molecule has 0 amide bonds. The van der Waals surface area contributed by atoms with Crippen molar-refractivity contribution in [1.29, 1.82) is 5.26 Å². The molecule has 0 spiro atoms. The van der Waals surface area contributed by atoms with Crippen molar-refractivity contribution in [2.75, 3.05) is 19.7 Å². The predicted octanol–water partition coefficient (Wildman–Crippen LogP) is 3.21. The van der Waals surface area contributed by atoms with E-state index >= 15 is 0 Å². The van der Waals surface area contributed by atoms with Crippen LogP contribution in [-0.4, -0.2) is 43.1 Å². The van der Waals surface area contributed by atoms with E-state index in [9.17, 15) is 17.9 Å². The molecule has 2 aromatic rings. The van der Waals surface area contributed by atoms with Crippen LogP contribution in [0, 0.1) is 17.1 Å². The average molecular weight is 445 g/mol. The topological polar surface area (TPSA) is 90.6 Å². The zero-order chi connectivity index (χ0) is 20.5. The number of ether oxygens (including phenoxy) is 1. The highest BCUT2D eigenvalue weighted by Gasteiger charge is 2.43. The molecule has 1 saturated heterocycles. The van der Waals surface area contributed by atoms with E-state index in [1.54, 1.807) is 6.07 Å². The molecule has 0 saturated carbocycles. The highest BCUT2D eigenvalue weighted by Crippen LogP contribution is 2.32. The smallest absolute Gasteiger partial charge is 0.244 e. The molecule has 0 aromatic heterocycles. The minimum Gasteiger partial charge on any atom is -0.490 e. The molecule has 1 aliphatic heterocycles. The number of β-amino-alcohol motifs (C(OH)–C–C–N with tert-alkyl or cyclic N) is 1. The van der Waals surface area contributed by atoms with Crippen LogP contribution in [0.2, 0.25) is 10.0 Å². The SMILES string of the molecule is N#Cc1ccc(OCC2(O)CCN(S(=O)(=O)c3ccc(Cl)cc3Cl)C2)cc1F. The lowest BCUT2D eigenvalue weighted by Gasteiger charge is -2.23. The molecular weight excluding hydrogens is 430 g/mol. The Bertz CT molecular complexity index is 1060. The quantitative estimate of drug-likeness (QED) is 0.764. The zero-order valence-corrected chi connectivity index (χ0v) is 16.7. The van der Waals surface area contributed by atoms with Crippen LogP contribution in [0.1, 0.15) is 12.0 Å². The van der Waals surface area contributed by atoms with Crippen LogP contribution in [0.3, 0.4) is 0 Å². The van der Waals surface area contributed by atoms with Crippen molar-refractivity contribution in [1.82, 2.24) is 4.31 Å². The van der Waals surface area contributed by atoms with Crippen molar-refractivity contribution in [3.8, 4) is 11.8 Å². The number of aliphatic hydroxyl groups is 1. The molecule has 0 aliphatic carbocycles. The van der Waals surface area contributed by atoms with E-state index in [-0.39, 0.29) is 47.3 Å². The van der Waals surface area contributed by atoms with E-state index in [0.717, 1.165) is 10.4 Å². The van der Waals surface area contributed by atoms with Crippen LogP contribution in [-0.2, 0) is 10.0 Å². The molecule has 0 radical (unpaired) electrons. The Kier molecular flexibility index (Phi) is 5.84. The maximum atomic E-state index is 13.6. The van der Waals surface area contributed by atoms with Gasteiger partial charge in [0.1, 0.15) is 34.7 Å². The number of hydrogen-bond acceptors (Lipinski definition) is 5. The first kappa shape index (κ1) is 20.8. The normalized spacial score (nSPS) is 20.1. The molecule has 148 valence electrons. The molecule has 10 heteroatoms. The summed E-state index contributed by atoms with van der Waals surface area (Å²) in [5.74, 6) is -0.605. The first-order chi connectivity index (χ1) is 13.1. The standard InChI is InChI=1S/C18H15Cl2FN2O4S/c19-13-2-4-17(15(20)7-13)28(25,26)23-6-5-18(24,10-23)11-27-14-3-1-12(9-22)16(21)8-14/h1-4,7-8,24H,5-6,10-11H2. The van der Waals surface area contributed by atoms with E-state index in [0.29, 0.717) is 5.02 Å². The Hall–Kier alpha value is -1.89. The molecule has 0 bridgehead atoms. The van der Waals surface area contributed by atoms with E-state index in [4.69, 9.17) is 33.2 Å². The minimum absolute atomic E-state index is 0.00718. The average Bonchev–Trinajstić information content (AvgIpc) is 3.03. The van der Waals surface area contributed by atoms with E-state index in [2.05, 4.69) is 0 Å². The highest BCUT2D eigenvalue weighted by molar-refractivity contribution is 7.89. The van der Waals surface area contributed by atoms with Gasteiger partial charge >= 0.3 is 0 Å². The van der Waals surface area contributed by atoms with Gasteiger partial charge in [0.15, 0.2) is 0 Å². The summed E-state index contributed by atoms with van der Waals surface area (Å²) in [4.78, 5) is -0.0992. The van der Waals surface area contributed by atoms with Gasteiger partial charge in [-0.2, -0.15) is 9.57 Å². The van der Waals surface area contributed by atoms with Crippen molar-refractivity contribution in [3.63, 3.8) is 0 Å². The van der Waals surface area contributed by atoms with Crippen LogP contribution >= 0.6 is 23.2 Å². The van der Waals surface area contributed by atoms with Gasteiger partial charge in [-0.05, 0) is 36.8 Å². The number of rotatable bonds is 5. The molecule has 28 heavy (non-hydrogen) atoms. The number of nitriles is 1. The van der Waals surface area contributed by atoms with Crippen LogP contribution in [0.25, 0.3) is 0 Å². The van der Waals surface area contributed by atoms with Gasteiger partial charge in [-0.1, -0.05) is 23.2 Å². The number of nitrogens with zero attached hydrogens (tertiary/aromatic N) is 2. The molecule has 1 N–H and O–H groups in total. The number of benzene rings is 2. The Morgan fingerprint density at radius 2 is 2.04 bits per heavy atom. The van der Waals surface area contributed by atoms with Crippen LogP contribution < -0.4 is 4.74 Å². The lowest BCUT2D eigenvalue weighted by molar-refractivity contribution is 0.00865. The zero-order valence-electron chi connectivity index (χ0n) is 14.4. The summed E-state index contributed by atoms with van der Waals surface area (Å²) in [6.07, 6.45) is 0.135. The van der Waals surface area contributed by atoms with Crippen molar-refractivity contribution < 1.29 is 22.7 Å². The van der Waals surface area contributed by atoms with Crippen LogP contribution in [0.4, 0.5) is 4.39 Å². The van der Waals surface area contributed by atoms with E-state index in [1.807, 2.05) is 0 Å². The number of halogens is 3. The van der Waals surface area contributed by atoms with Gasteiger partial charge in [0.2, 0.25) is 10.0 Å². The lowest BCUT2D eigenvalue weighted by Crippen LogP contribution is -2.40. The van der Waals surface area contributed by atoms with Crippen molar-refractivity contribution in [3.05, 3.63) is 57.8 Å². The van der Waals surface area contributed by atoms with Gasteiger partial charge in [0, 0.05) is 24.2 Å². The van der Waals surface area contributed by atoms with E-state index < -0.39 is 21.4 Å². The van der Waals surface area contributed by atoms with Gasteiger partial charge in [-0.15, -0.1) is 0 Å². The summed E-state index contributed by atoms with van der Waals surface area (Å²) >= 11 is 11.8. The predicted molar refractivity (Wildman–Crippen MR) is 101 cm³/mol. The fourth-order valence-corrected chi connectivity index (χ4v) is 5.13. The molecule has 1 aliphatic rings. The summed E-state index contributed by atoms with van der Waals surface area (Å²) in [5.41, 5.74) is -1.57. The molecular formula is C18H15Cl2FN2O4S. The van der Waals surface area contributed by atoms with Gasteiger partial charge in [-0.25, -0.2) is 12.8 Å². The molecule has 1 atom stereocenters. The second-order valence-corrected chi connectivity index (χ2v) is 9.18. The largest absolute Gasteiger partial charge is 0.490 e. The number of hydrogen-bond donors (Lipinski definition) is 1. The maximum absolute atomic E-state index is 13.6. The molecule has 1 unspecified atom stereocenters. The molecule has 1 fully saturated rings. The fourth-order valence-electron chi connectivity index (χ4n) is 2.86. The lowest BCUT2D eigenvalue weighted by atomic mass is 10.1. The summed E-state index contributed by atoms with van der Waals surface area (Å²) in [6.45, 7) is -0.366. The first-order valence-electron chi connectivity index (χ1n) is 8.15. The summed E-state index contributed by atoms with van der Waals surface area (Å²) < 4.78 is 45.8. The molecule has 3 rings (SSSR count). The minimum atomic E-state index is -3.92.